The topological polar surface area (TPSA) is 97.1 Å². The summed E-state index contributed by atoms with van der Waals surface area (Å²) in [5, 5.41) is 5.15. The molecule has 0 radical (unpaired) electrons. The van der Waals surface area contributed by atoms with Gasteiger partial charge in [0.05, 0.1) is 5.56 Å². The van der Waals surface area contributed by atoms with E-state index in [9.17, 15) is 22.8 Å². The van der Waals surface area contributed by atoms with Crippen LogP contribution >= 0.6 is 0 Å². The highest BCUT2D eigenvalue weighted by Gasteiger charge is 2.34. The quantitative estimate of drug-likeness (QED) is 0.772. The van der Waals surface area contributed by atoms with Crippen molar-refractivity contribution in [3.8, 4) is 0 Å². The van der Waals surface area contributed by atoms with E-state index in [1.54, 1.807) is 0 Å². The maximum absolute atomic E-state index is 12.7. The lowest BCUT2D eigenvalue weighted by molar-refractivity contribution is -0.141. The molecule has 2 heterocycles. The summed E-state index contributed by atoms with van der Waals surface area (Å²) in [4.78, 5) is 26.3. The molecule has 0 aliphatic carbocycles. The Bertz CT molecular complexity index is 574. The van der Waals surface area contributed by atoms with Crippen LogP contribution in [-0.4, -0.2) is 29.4 Å². The van der Waals surface area contributed by atoms with Gasteiger partial charge >= 0.3 is 6.18 Å². The number of nitrogens with zero attached hydrogens (tertiary/aromatic N) is 1. The summed E-state index contributed by atoms with van der Waals surface area (Å²) >= 11 is 0. The van der Waals surface area contributed by atoms with E-state index in [1.165, 1.54) is 0 Å². The number of nitrogens with two attached hydrogens (primary N) is 1. The third-order valence-electron chi connectivity index (χ3n) is 3.05. The zero-order valence-electron chi connectivity index (χ0n) is 10.8. The van der Waals surface area contributed by atoms with Crippen LogP contribution in [0.1, 0.15) is 28.9 Å². The molecule has 114 valence electrons. The smallest absolute Gasteiger partial charge is 0.365 e. The molecule has 1 saturated heterocycles. The maximum atomic E-state index is 12.7. The molecule has 0 aromatic carbocycles. The number of alkyl halides is 3. The van der Waals surface area contributed by atoms with Crippen molar-refractivity contribution in [2.45, 2.75) is 25.1 Å². The Morgan fingerprint density at radius 1 is 1.43 bits per heavy atom. The number of rotatable bonds is 3. The second-order valence-corrected chi connectivity index (χ2v) is 4.58. The fourth-order valence-corrected chi connectivity index (χ4v) is 2.00. The number of pyridine rings is 1. The van der Waals surface area contributed by atoms with E-state index in [0.717, 1.165) is 6.07 Å². The number of anilines is 1. The monoisotopic (exact) mass is 302 g/mol. The highest BCUT2D eigenvalue weighted by atomic mass is 19.4. The molecular weight excluding hydrogens is 289 g/mol. The highest BCUT2D eigenvalue weighted by molar-refractivity contribution is 5.98. The highest BCUT2D eigenvalue weighted by Crippen LogP contribution is 2.29. The van der Waals surface area contributed by atoms with E-state index in [-0.39, 0.29) is 17.3 Å². The molecule has 1 aromatic rings. The van der Waals surface area contributed by atoms with Crippen LogP contribution in [0.2, 0.25) is 0 Å². The van der Waals surface area contributed by atoms with E-state index >= 15 is 0 Å². The summed E-state index contributed by atoms with van der Waals surface area (Å²) < 4.78 is 38.0. The lowest BCUT2D eigenvalue weighted by Gasteiger charge is -2.24. The molecule has 1 aliphatic rings. The van der Waals surface area contributed by atoms with E-state index < -0.39 is 23.8 Å². The van der Waals surface area contributed by atoms with Crippen LogP contribution in [-0.2, 0) is 11.0 Å². The number of hydrogen-bond acceptors (Lipinski definition) is 4. The zero-order valence-corrected chi connectivity index (χ0v) is 10.8. The first-order chi connectivity index (χ1) is 9.79. The Hall–Kier alpha value is -2.32. The van der Waals surface area contributed by atoms with Crippen molar-refractivity contribution in [2.24, 2.45) is 5.73 Å². The first-order valence-electron chi connectivity index (χ1n) is 6.21. The van der Waals surface area contributed by atoms with E-state index in [1.807, 2.05) is 0 Å². The molecule has 1 unspecified atom stereocenters. The first-order valence-corrected chi connectivity index (χ1v) is 6.21. The molecule has 9 heteroatoms. The largest absolute Gasteiger partial charge is 0.433 e. The average Bonchev–Trinajstić information content (AvgIpc) is 2.40. The Morgan fingerprint density at radius 3 is 2.71 bits per heavy atom. The minimum Gasteiger partial charge on any atom is -0.365 e. The fourth-order valence-electron chi connectivity index (χ4n) is 2.00. The van der Waals surface area contributed by atoms with Gasteiger partial charge in [-0.1, -0.05) is 0 Å². The van der Waals surface area contributed by atoms with Crippen molar-refractivity contribution in [2.75, 3.05) is 11.9 Å². The lowest BCUT2D eigenvalue weighted by atomic mass is 10.1. The number of primary amides is 1. The van der Waals surface area contributed by atoms with Gasteiger partial charge in [0.15, 0.2) is 0 Å². The summed E-state index contributed by atoms with van der Waals surface area (Å²) in [6.45, 7) is 0.510. The summed E-state index contributed by atoms with van der Waals surface area (Å²) in [6, 6.07) is 0.876. The van der Waals surface area contributed by atoms with Crippen molar-refractivity contribution >= 4 is 17.6 Å². The van der Waals surface area contributed by atoms with E-state index in [4.69, 9.17) is 5.73 Å². The van der Waals surface area contributed by atoms with Crippen molar-refractivity contribution in [1.29, 1.82) is 0 Å². The third kappa shape index (κ3) is 3.41. The van der Waals surface area contributed by atoms with Crippen LogP contribution in [0, 0.1) is 0 Å². The predicted octanol–water partition coefficient (Wildman–Crippen LogP) is 0.890. The Balaban J connectivity index is 2.34. The van der Waals surface area contributed by atoms with Gasteiger partial charge in [0.25, 0.3) is 5.91 Å². The van der Waals surface area contributed by atoms with Gasteiger partial charge in [-0.05, 0) is 25.0 Å². The molecule has 2 rings (SSSR count). The molecule has 4 N–H and O–H groups in total. The number of carbonyl (C=O) groups excluding carboxylic acids is 2. The van der Waals surface area contributed by atoms with Gasteiger partial charge in [-0.15, -0.1) is 0 Å². The van der Waals surface area contributed by atoms with Gasteiger partial charge in [-0.25, -0.2) is 4.98 Å². The number of aromatic nitrogens is 1. The number of piperidine rings is 1. The normalized spacial score (nSPS) is 19.0. The number of halogens is 3. The van der Waals surface area contributed by atoms with Gasteiger partial charge in [-0.3, -0.25) is 9.59 Å². The molecule has 0 bridgehead atoms. The molecular formula is C12H13F3N4O2. The molecule has 2 amide bonds. The Labute approximate surface area is 117 Å². The van der Waals surface area contributed by atoms with Crippen LogP contribution in [0.4, 0.5) is 19.0 Å². The first kappa shape index (κ1) is 15.1. The van der Waals surface area contributed by atoms with Gasteiger partial charge in [0.2, 0.25) is 5.91 Å². The molecule has 1 aromatic heterocycles. The van der Waals surface area contributed by atoms with Crippen LogP contribution in [0.25, 0.3) is 0 Å². The standard InChI is InChI=1S/C12H13F3N4O2/c13-12(14,15)8-4-3-6(9(16)20)10(19-8)18-7-2-1-5-17-11(7)21/h3-4,7H,1-2,5H2,(H2,16,20)(H,17,21)(H,18,19). The predicted molar refractivity (Wildman–Crippen MR) is 67.4 cm³/mol. The van der Waals surface area contributed by atoms with Gasteiger partial charge in [0, 0.05) is 6.54 Å². The molecule has 0 spiro atoms. The molecule has 0 saturated carbocycles. The second-order valence-electron chi connectivity index (χ2n) is 4.58. The van der Waals surface area contributed by atoms with Crippen molar-refractivity contribution in [3.05, 3.63) is 23.4 Å². The van der Waals surface area contributed by atoms with Crippen LogP contribution < -0.4 is 16.4 Å². The molecule has 6 nitrogen and oxygen atoms in total. The fraction of sp³-hybridized carbons (Fsp3) is 0.417. The SMILES string of the molecule is NC(=O)c1ccc(C(F)(F)F)nc1NC1CCCNC1=O. The van der Waals surface area contributed by atoms with Gasteiger partial charge in [0.1, 0.15) is 17.6 Å². The maximum Gasteiger partial charge on any atom is 0.433 e. The lowest BCUT2D eigenvalue weighted by Crippen LogP contribution is -2.44. The van der Waals surface area contributed by atoms with Crippen molar-refractivity contribution in [1.82, 2.24) is 10.3 Å². The van der Waals surface area contributed by atoms with E-state index in [2.05, 4.69) is 15.6 Å². The summed E-state index contributed by atoms with van der Waals surface area (Å²) in [7, 11) is 0. The van der Waals surface area contributed by atoms with Crippen LogP contribution in [0.5, 0.6) is 0 Å². The summed E-state index contributed by atoms with van der Waals surface area (Å²) in [5.74, 6) is -1.61. The zero-order chi connectivity index (χ0) is 15.6. The van der Waals surface area contributed by atoms with E-state index in [0.29, 0.717) is 25.5 Å². The Morgan fingerprint density at radius 2 is 2.14 bits per heavy atom. The molecule has 1 aliphatic heterocycles. The molecule has 1 atom stereocenters. The Kier molecular flexibility index (Phi) is 4.01. The minimum atomic E-state index is -4.65. The number of carbonyl (C=O) groups is 2. The number of hydrogen-bond donors (Lipinski definition) is 3. The van der Waals surface area contributed by atoms with Crippen LogP contribution in [0.3, 0.4) is 0 Å². The van der Waals surface area contributed by atoms with Crippen molar-refractivity contribution < 1.29 is 22.8 Å². The third-order valence-corrected chi connectivity index (χ3v) is 3.05. The van der Waals surface area contributed by atoms with Gasteiger partial charge in [-0.2, -0.15) is 13.2 Å². The average molecular weight is 302 g/mol. The molecule has 1 fully saturated rings. The van der Waals surface area contributed by atoms with Crippen molar-refractivity contribution in [3.63, 3.8) is 0 Å². The number of nitrogens with one attached hydrogen (secondary N) is 2. The summed E-state index contributed by atoms with van der Waals surface area (Å²) in [6.07, 6.45) is -3.54. The summed E-state index contributed by atoms with van der Waals surface area (Å²) in [5.41, 5.74) is 3.76. The number of amides is 2. The van der Waals surface area contributed by atoms with Crippen LogP contribution in [0.15, 0.2) is 12.1 Å². The van der Waals surface area contributed by atoms with Gasteiger partial charge < -0.3 is 16.4 Å². The minimum absolute atomic E-state index is 0.193. The second kappa shape index (κ2) is 5.58. The molecule has 21 heavy (non-hydrogen) atoms.